The Morgan fingerprint density at radius 2 is 1.85 bits per heavy atom. The molecule has 2 N–H and O–H groups in total. The molecule has 1 atom stereocenters. The molecule has 0 aliphatic carbocycles. The highest BCUT2D eigenvalue weighted by atomic mass is 16.5. The summed E-state index contributed by atoms with van der Waals surface area (Å²) in [4.78, 5) is 26.2. The Labute approximate surface area is 162 Å². The Hall–Kier alpha value is -2.18. The first-order valence-electron chi connectivity index (χ1n) is 9.59. The lowest BCUT2D eigenvalue weighted by atomic mass is 10.0. The summed E-state index contributed by atoms with van der Waals surface area (Å²) in [5.74, 6) is 0.346. The second-order valence-corrected chi connectivity index (χ2v) is 7.21. The van der Waals surface area contributed by atoms with Gasteiger partial charge in [0.25, 0.3) is 5.91 Å². The Morgan fingerprint density at radius 1 is 1.19 bits per heavy atom. The summed E-state index contributed by atoms with van der Waals surface area (Å²) in [7, 11) is 1.60. The second-order valence-electron chi connectivity index (χ2n) is 7.21. The van der Waals surface area contributed by atoms with Gasteiger partial charge in [-0.25, -0.2) is 0 Å². The van der Waals surface area contributed by atoms with E-state index in [1.54, 1.807) is 31.3 Å². The number of carbonyl (C=O) groups excluding carboxylic acids is 2. The molecule has 2 amide bonds. The minimum absolute atomic E-state index is 0.104. The molecule has 6 nitrogen and oxygen atoms in total. The summed E-state index contributed by atoms with van der Waals surface area (Å²) in [6.07, 6.45) is 4.35. The predicted octanol–water partition coefficient (Wildman–Crippen LogP) is 1.92. The first-order chi connectivity index (χ1) is 13.0. The molecule has 1 aromatic rings. The van der Waals surface area contributed by atoms with Crippen LogP contribution in [0.3, 0.4) is 0 Å². The van der Waals surface area contributed by atoms with Crippen molar-refractivity contribution in [2.45, 2.75) is 26.3 Å². The first kappa shape index (κ1) is 21.1. The summed E-state index contributed by atoms with van der Waals surface area (Å²) < 4.78 is 5.43. The fourth-order valence-corrected chi connectivity index (χ4v) is 3.19. The number of nitrogens with one attached hydrogen (secondary N) is 2. The lowest BCUT2D eigenvalue weighted by Crippen LogP contribution is -2.49. The smallest absolute Gasteiger partial charge is 0.251 e. The zero-order valence-corrected chi connectivity index (χ0v) is 16.5. The average molecular weight is 373 g/mol. The quantitative estimate of drug-likeness (QED) is 0.683. The van der Waals surface area contributed by atoms with E-state index in [1.807, 2.05) is 12.1 Å². The molecule has 6 heteroatoms. The van der Waals surface area contributed by atoms with Gasteiger partial charge in [-0.1, -0.05) is 26.0 Å². The van der Waals surface area contributed by atoms with Crippen LogP contribution < -0.4 is 10.6 Å². The van der Waals surface area contributed by atoms with E-state index < -0.39 is 0 Å². The average Bonchev–Trinajstić information content (AvgIpc) is 2.69. The number of nitrogens with zero attached hydrogens (tertiary/aromatic N) is 1. The molecule has 0 aromatic heterocycles. The molecule has 0 saturated carbocycles. The third-order valence-corrected chi connectivity index (χ3v) is 4.64. The van der Waals surface area contributed by atoms with E-state index in [9.17, 15) is 9.59 Å². The first-order valence-corrected chi connectivity index (χ1v) is 9.59. The lowest BCUT2D eigenvalue weighted by Gasteiger charge is -2.35. The minimum Gasteiger partial charge on any atom is -0.379 e. The Kier molecular flexibility index (Phi) is 8.48. The summed E-state index contributed by atoms with van der Waals surface area (Å²) in [5, 5.41) is 5.61. The van der Waals surface area contributed by atoms with Crippen LogP contribution in [-0.4, -0.2) is 62.7 Å². The van der Waals surface area contributed by atoms with E-state index in [2.05, 4.69) is 29.4 Å². The van der Waals surface area contributed by atoms with E-state index in [0.717, 1.165) is 38.3 Å². The Morgan fingerprint density at radius 3 is 2.44 bits per heavy atom. The molecule has 0 radical (unpaired) electrons. The largest absolute Gasteiger partial charge is 0.379 e. The van der Waals surface area contributed by atoms with Crippen LogP contribution in [0.4, 0.5) is 0 Å². The second kappa shape index (κ2) is 10.8. The highest BCUT2D eigenvalue weighted by Crippen LogP contribution is 2.13. The van der Waals surface area contributed by atoms with Crippen molar-refractivity contribution in [3.05, 3.63) is 41.5 Å². The zero-order valence-electron chi connectivity index (χ0n) is 16.5. The van der Waals surface area contributed by atoms with Crippen molar-refractivity contribution in [2.24, 2.45) is 5.92 Å². The van der Waals surface area contributed by atoms with Gasteiger partial charge in [0.1, 0.15) is 0 Å². The van der Waals surface area contributed by atoms with E-state index in [4.69, 9.17) is 4.74 Å². The van der Waals surface area contributed by atoms with Gasteiger partial charge >= 0.3 is 0 Å². The third kappa shape index (κ3) is 7.15. The third-order valence-electron chi connectivity index (χ3n) is 4.64. The molecule has 0 spiro atoms. The SMILES string of the molecule is CNC(=O)c1ccc(/C=C/C(=O)NCC(CC(C)C)N2CCOCC2)cc1. The normalized spacial score (nSPS) is 16.4. The van der Waals surface area contributed by atoms with Crippen molar-refractivity contribution in [1.29, 1.82) is 0 Å². The molecule has 1 heterocycles. The van der Waals surface area contributed by atoms with Gasteiger partial charge in [0.2, 0.25) is 5.91 Å². The number of benzene rings is 1. The number of morpholine rings is 1. The lowest BCUT2D eigenvalue weighted by molar-refractivity contribution is -0.116. The molecule has 1 saturated heterocycles. The van der Waals surface area contributed by atoms with Gasteiger partial charge in [-0.2, -0.15) is 0 Å². The fraction of sp³-hybridized carbons (Fsp3) is 0.524. The molecular formula is C21H31N3O3. The molecule has 148 valence electrons. The maximum atomic E-state index is 12.2. The Balaban J connectivity index is 1.87. The highest BCUT2D eigenvalue weighted by Gasteiger charge is 2.22. The van der Waals surface area contributed by atoms with Crippen LogP contribution in [0.2, 0.25) is 0 Å². The van der Waals surface area contributed by atoms with Gasteiger partial charge in [0.05, 0.1) is 13.2 Å². The maximum Gasteiger partial charge on any atom is 0.251 e. The fourth-order valence-electron chi connectivity index (χ4n) is 3.19. The van der Waals surface area contributed by atoms with Crippen molar-refractivity contribution >= 4 is 17.9 Å². The van der Waals surface area contributed by atoms with Crippen LogP contribution in [0.1, 0.15) is 36.2 Å². The monoisotopic (exact) mass is 373 g/mol. The number of ether oxygens (including phenoxy) is 1. The van der Waals surface area contributed by atoms with Crippen LogP contribution in [0.5, 0.6) is 0 Å². The number of rotatable bonds is 8. The van der Waals surface area contributed by atoms with Crippen molar-refractivity contribution in [3.8, 4) is 0 Å². The van der Waals surface area contributed by atoms with Gasteiger partial charge in [-0.15, -0.1) is 0 Å². The van der Waals surface area contributed by atoms with E-state index >= 15 is 0 Å². The summed E-state index contributed by atoms with van der Waals surface area (Å²) in [5.41, 5.74) is 1.48. The number of hydrogen-bond donors (Lipinski definition) is 2. The van der Waals surface area contributed by atoms with Gasteiger partial charge in [-0.05, 0) is 36.1 Å². The number of hydrogen-bond acceptors (Lipinski definition) is 4. The number of carbonyl (C=O) groups is 2. The zero-order chi connectivity index (χ0) is 19.6. The van der Waals surface area contributed by atoms with E-state index in [-0.39, 0.29) is 11.8 Å². The molecule has 1 aromatic carbocycles. The van der Waals surface area contributed by atoms with Crippen LogP contribution >= 0.6 is 0 Å². The van der Waals surface area contributed by atoms with Crippen LogP contribution in [0.25, 0.3) is 6.08 Å². The maximum absolute atomic E-state index is 12.2. The van der Waals surface area contributed by atoms with Crippen molar-refractivity contribution in [2.75, 3.05) is 39.9 Å². The molecule has 1 aliphatic heterocycles. The molecule has 27 heavy (non-hydrogen) atoms. The standard InChI is InChI=1S/C21H31N3O3/c1-16(2)14-19(24-10-12-27-13-11-24)15-23-20(25)9-6-17-4-7-18(8-5-17)21(26)22-3/h4-9,16,19H,10-15H2,1-3H3,(H,22,26)(H,23,25)/b9-6+. The minimum atomic E-state index is -0.123. The van der Waals surface area contributed by atoms with Crippen molar-refractivity contribution in [1.82, 2.24) is 15.5 Å². The molecular weight excluding hydrogens is 342 g/mol. The molecule has 1 aliphatic rings. The molecule has 1 unspecified atom stereocenters. The molecule has 2 rings (SSSR count). The Bertz CT molecular complexity index is 635. The van der Waals surface area contributed by atoms with Crippen LogP contribution in [0, 0.1) is 5.92 Å². The van der Waals surface area contributed by atoms with E-state index in [1.165, 1.54) is 0 Å². The summed E-state index contributed by atoms with van der Waals surface area (Å²) in [6, 6.07) is 7.46. The van der Waals surface area contributed by atoms with E-state index in [0.29, 0.717) is 24.1 Å². The number of amides is 2. The predicted molar refractivity (Wildman–Crippen MR) is 108 cm³/mol. The van der Waals surface area contributed by atoms with Gasteiger partial charge in [-0.3, -0.25) is 14.5 Å². The topological polar surface area (TPSA) is 70.7 Å². The van der Waals surface area contributed by atoms with Crippen molar-refractivity contribution < 1.29 is 14.3 Å². The van der Waals surface area contributed by atoms with Gasteiger partial charge < -0.3 is 15.4 Å². The highest BCUT2D eigenvalue weighted by molar-refractivity contribution is 5.94. The van der Waals surface area contributed by atoms with Gasteiger partial charge in [0.15, 0.2) is 0 Å². The summed E-state index contributed by atoms with van der Waals surface area (Å²) >= 11 is 0. The van der Waals surface area contributed by atoms with Crippen LogP contribution in [-0.2, 0) is 9.53 Å². The van der Waals surface area contributed by atoms with Gasteiger partial charge in [0, 0.05) is 44.4 Å². The van der Waals surface area contributed by atoms with Crippen molar-refractivity contribution in [3.63, 3.8) is 0 Å². The summed E-state index contributed by atoms with van der Waals surface area (Å²) in [6.45, 7) is 8.40. The molecule has 1 fully saturated rings. The molecule has 0 bridgehead atoms. The van der Waals surface area contributed by atoms with Crippen LogP contribution in [0.15, 0.2) is 30.3 Å².